The summed E-state index contributed by atoms with van der Waals surface area (Å²) in [7, 11) is 0. The molecule has 1 aliphatic carbocycles. The second kappa shape index (κ2) is 7.91. The molecule has 0 spiro atoms. The summed E-state index contributed by atoms with van der Waals surface area (Å²) in [5.41, 5.74) is 1.38. The van der Waals surface area contributed by atoms with Gasteiger partial charge in [-0.3, -0.25) is 9.78 Å². The van der Waals surface area contributed by atoms with Crippen LogP contribution in [0.15, 0.2) is 36.9 Å². The Morgan fingerprint density at radius 2 is 1.96 bits per heavy atom. The molecular weight excluding hydrogens is 328 g/mol. The van der Waals surface area contributed by atoms with Gasteiger partial charge in [0.05, 0.1) is 11.7 Å². The second-order valence-corrected chi connectivity index (χ2v) is 7.18. The molecule has 3 heterocycles. The van der Waals surface area contributed by atoms with Crippen LogP contribution in [0.1, 0.15) is 42.5 Å². The number of carbonyl (C=O) groups is 1. The Labute approximate surface area is 153 Å². The van der Waals surface area contributed by atoms with Gasteiger partial charge in [-0.25, -0.2) is 9.97 Å². The van der Waals surface area contributed by atoms with Gasteiger partial charge in [-0.15, -0.1) is 0 Å². The molecule has 6 heteroatoms. The third-order valence-electron chi connectivity index (χ3n) is 5.26. The lowest BCUT2D eigenvalue weighted by Gasteiger charge is -2.33. The minimum absolute atomic E-state index is 0.00476. The maximum atomic E-state index is 13.0. The molecule has 2 aliphatic rings. The summed E-state index contributed by atoms with van der Waals surface area (Å²) in [6.45, 7) is 2.28. The number of carbonyl (C=O) groups excluding carboxylic acids is 1. The zero-order valence-corrected chi connectivity index (χ0v) is 14.9. The van der Waals surface area contributed by atoms with E-state index in [1.807, 2.05) is 17.0 Å². The highest BCUT2D eigenvalue weighted by molar-refractivity contribution is 5.93. The number of hydrogen-bond acceptors (Lipinski definition) is 5. The normalized spacial score (nSPS) is 19.9. The Bertz CT molecular complexity index is 725. The number of rotatable bonds is 6. The minimum Gasteiger partial charge on any atom is -0.376 e. The Hall–Kier alpha value is -2.34. The summed E-state index contributed by atoms with van der Waals surface area (Å²) >= 11 is 0. The first-order chi connectivity index (χ1) is 12.8. The molecule has 0 radical (unpaired) electrons. The van der Waals surface area contributed by atoms with E-state index in [2.05, 4.69) is 15.0 Å². The average molecular weight is 352 g/mol. The van der Waals surface area contributed by atoms with Crippen LogP contribution in [0.3, 0.4) is 0 Å². The molecule has 2 aromatic heterocycles. The van der Waals surface area contributed by atoms with Crippen molar-refractivity contribution in [3.05, 3.63) is 42.5 Å². The Morgan fingerprint density at radius 3 is 2.58 bits per heavy atom. The number of nitrogens with zero attached hydrogens (tertiary/aromatic N) is 4. The smallest absolute Gasteiger partial charge is 0.257 e. The molecule has 0 aromatic carbocycles. The maximum Gasteiger partial charge on any atom is 0.257 e. The van der Waals surface area contributed by atoms with Crippen LogP contribution >= 0.6 is 0 Å². The number of hydrogen-bond donors (Lipinski definition) is 0. The SMILES string of the molecule is O=C(c1cnc(-c2cccnc2)nc1)N(CC1CCC1)C[C@H]1CCCO1. The van der Waals surface area contributed by atoms with E-state index in [-0.39, 0.29) is 12.0 Å². The molecule has 26 heavy (non-hydrogen) atoms. The van der Waals surface area contributed by atoms with Crippen molar-refractivity contribution in [2.45, 2.75) is 38.2 Å². The molecule has 1 atom stereocenters. The van der Waals surface area contributed by atoms with Crippen molar-refractivity contribution in [2.24, 2.45) is 5.92 Å². The van der Waals surface area contributed by atoms with Crippen LogP contribution in [0.4, 0.5) is 0 Å². The Kier molecular flexibility index (Phi) is 5.20. The zero-order chi connectivity index (χ0) is 17.8. The van der Waals surface area contributed by atoms with Gasteiger partial charge in [0.1, 0.15) is 0 Å². The quantitative estimate of drug-likeness (QED) is 0.799. The van der Waals surface area contributed by atoms with Crippen LogP contribution in [0, 0.1) is 5.92 Å². The van der Waals surface area contributed by atoms with Crippen LogP contribution in [0.5, 0.6) is 0 Å². The second-order valence-electron chi connectivity index (χ2n) is 7.18. The van der Waals surface area contributed by atoms with E-state index >= 15 is 0 Å². The summed E-state index contributed by atoms with van der Waals surface area (Å²) in [6, 6.07) is 3.75. The fourth-order valence-corrected chi connectivity index (χ4v) is 3.53. The van der Waals surface area contributed by atoms with E-state index in [1.165, 1.54) is 19.3 Å². The summed E-state index contributed by atoms with van der Waals surface area (Å²) in [6.07, 6.45) is 12.7. The first-order valence-electron chi connectivity index (χ1n) is 9.43. The first kappa shape index (κ1) is 17.1. The number of aromatic nitrogens is 3. The van der Waals surface area contributed by atoms with E-state index < -0.39 is 0 Å². The third-order valence-corrected chi connectivity index (χ3v) is 5.26. The zero-order valence-electron chi connectivity index (χ0n) is 14.9. The molecule has 0 unspecified atom stereocenters. The van der Waals surface area contributed by atoms with Crippen molar-refractivity contribution in [3.8, 4) is 11.4 Å². The standard InChI is InChI=1S/C20H24N4O2/c25-20(17-11-22-19(23-12-17)16-6-2-8-21-10-16)24(13-15-4-1-5-15)14-18-7-3-9-26-18/h2,6,8,10-12,15,18H,1,3-5,7,9,13-14H2/t18-/m1/s1. The van der Waals surface area contributed by atoms with Gasteiger partial charge < -0.3 is 9.64 Å². The highest BCUT2D eigenvalue weighted by Gasteiger charge is 2.28. The lowest BCUT2D eigenvalue weighted by molar-refractivity contribution is 0.0447. The van der Waals surface area contributed by atoms with Crippen LogP contribution < -0.4 is 0 Å². The topological polar surface area (TPSA) is 68.2 Å². The van der Waals surface area contributed by atoms with Gasteiger partial charge in [0.25, 0.3) is 5.91 Å². The summed E-state index contributed by atoms with van der Waals surface area (Å²) in [4.78, 5) is 27.8. The van der Waals surface area contributed by atoms with Gasteiger partial charge in [0, 0.05) is 50.0 Å². The molecule has 0 N–H and O–H groups in total. The van der Waals surface area contributed by atoms with Crippen molar-refractivity contribution in [2.75, 3.05) is 19.7 Å². The lowest BCUT2D eigenvalue weighted by Crippen LogP contribution is -2.42. The predicted octanol–water partition coefficient (Wildman–Crippen LogP) is 2.96. The van der Waals surface area contributed by atoms with Gasteiger partial charge in [-0.2, -0.15) is 0 Å². The van der Waals surface area contributed by atoms with Gasteiger partial charge in [0.15, 0.2) is 5.82 Å². The van der Waals surface area contributed by atoms with E-state index in [0.717, 1.165) is 31.6 Å². The molecule has 6 nitrogen and oxygen atoms in total. The van der Waals surface area contributed by atoms with Crippen LogP contribution in [0.25, 0.3) is 11.4 Å². The van der Waals surface area contributed by atoms with Crippen molar-refractivity contribution >= 4 is 5.91 Å². The van der Waals surface area contributed by atoms with Crippen molar-refractivity contribution in [3.63, 3.8) is 0 Å². The van der Waals surface area contributed by atoms with Crippen molar-refractivity contribution in [1.29, 1.82) is 0 Å². The largest absolute Gasteiger partial charge is 0.376 e. The molecule has 2 aromatic rings. The fraction of sp³-hybridized carbons (Fsp3) is 0.500. The van der Waals surface area contributed by atoms with Gasteiger partial charge in [0.2, 0.25) is 0 Å². The molecule has 4 rings (SSSR count). The van der Waals surface area contributed by atoms with Gasteiger partial charge in [-0.05, 0) is 43.7 Å². The first-order valence-corrected chi connectivity index (χ1v) is 9.43. The predicted molar refractivity (Wildman–Crippen MR) is 97.5 cm³/mol. The highest BCUT2D eigenvalue weighted by Crippen LogP contribution is 2.28. The summed E-state index contributed by atoms with van der Waals surface area (Å²) in [5, 5.41) is 0. The third kappa shape index (κ3) is 3.90. The average Bonchev–Trinajstić information content (AvgIpc) is 3.17. The highest BCUT2D eigenvalue weighted by atomic mass is 16.5. The van der Waals surface area contributed by atoms with Gasteiger partial charge in [-0.1, -0.05) is 6.42 Å². The Morgan fingerprint density at radius 1 is 1.12 bits per heavy atom. The number of ether oxygens (including phenoxy) is 1. The maximum absolute atomic E-state index is 13.0. The fourth-order valence-electron chi connectivity index (χ4n) is 3.53. The molecule has 2 fully saturated rings. The van der Waals surface area contributed by atoms with Gasteiger partial charge >= 0.3 is 0 Å². The van der Waals surface area contributed by atoms with Crippen LogP contribution in [-0.4, -0.2) is 51.6 Å². The molecule has 1 saturated heterocycles. The molecule has 1 saturated carbocycles. The van der Waals surface area contributed by atoms with Crippen molar-refractivity contribution < 1.29 is 9.53 Å². The monoisotopic (exact) mass is 352 g/mol. The molecule has 0 bridgehead atoms. The molecule has 1 aliphatic heterocycles. The molecular formula is C20H24N4O2. The molecule has 1 amide bonds. The van der Waals surface area contributed by atoms with Crippen LogP contribution in [0.2, 0.25) is 0 Å². The summed E-state index contributed by atoms with van der Waals surface area (Å²) < 4.78 is 5.75. The van der Waals surface area contributed by atoms with Crippen LogP contribution in [-0.2, 0) is 4.74 Å². The molecule has 136 valence electrons. The van der Waals surface area contributed by atoms with E-state index in [4.69, 9.17) is 4.74 Å². The lowest BCUT2D eigenvalue weighted by atomic mass is 9.85. The summed E-state index contributed by atoms with van der Waals surface area (Å²) in [5.74, 6) is 1.21. The number of amides is 1. The van der Waals surface area contributed by atoms with E-state index in [9.17, 15) is 4.79 Å². The van der Waals surface area contributed by atoms with E-state index in [0.29, 0.717) is 23.9 Å². The van der Waals surface area contributed by atoms with E-state index in [1.54, 1.807) is 24.8 Å². The van der Waals surface area contributed by atoms with Crippen molar-refractivity contribution in [1.82, 2.24) is 19.9 Å². The minimum atomic E-state index is 0.00476. The number of pyridine rings is 1. The Balaban J connectivity index is 1.48.